The zero-order valence-electron chi connectivity index (χ0n) is 11.7. The molecule has 3 nitrogen and oxygen atoms in total. The molecule has 1 aromatic carbocycles. The van der Waals surface area contributed by atoms with Crippen molar-refractivity contribution in [2.45, 2.75) is 44.7 Å². The molecule has 0 saturated carbocycles. The van der Waals surface area contributed by atoms with E-state index in [0.29, 0.717) is 5.75 Å². The Labute approximate surface area is 128 Å². The van der Waals surface area contributed by atoms with E-state index in [9.17, 15) is 13.2 Å². The van der Waals surface area contributed by atoms with E-state index in [4.69, 9.17) is 4.74 Å². The highest BCUT2D eigenvalue weighted by Gasteiger charge is 2.31. The fourth-order valence-electron chi connectivity index (χ4n) is 2.30. The van der Waals surface area contributed by atoms with Crippen molar-refractivity contribution in [3.05, 3.63) is 24.3 Å². The molecule has 0 radical (unpaired) electrons. The third-order valence-corrected chi connectivity index (χ3v) is 3.29. The first kappa shape index (κ1) is 17.9. The Kier molecular flexibility index (Phi) is 6.61. The van der Waals surface area contributed by atoms with Crippen LogP contribution in [0, 0.1) is 0 Å². The minimum absolute atomic E-state index is 0. The molecule has 1 aliphatic heterocycles. The molecule has 21 heavy (non-hydrogen) atoms. The van der Waals surface area contributed by atoms with Crippen LogP contribution in [0.5, 0.6) is 11.5 Å². The van der Waals surface area contributed by atoms with Crippen molar-refractivity contribution in [2.75, 3.05) is 6.54 Å². The SMILES string of the molecule is CC(Oc1ccc(OC(F)(F)F)cc1)C1CCCCN1.Cl. The van der Waals surface area contributed by atoms with Gasteiger partial charge >= 0.3 is 6.36 Å². The van der Waals surface area contributed by atoms with Gasteiger partial charge in [-0.05, 0) is 50.6 Å². The molecule has 7 heteroatoms. The van der Waals surface area contributed by atoms with Crippen LogP contribution in [-0.2, 0) is 0 Å². The van der Waals surface area contributed by atoms with Crippen molar-refractivity contribution in [3.8, 4) is 11.5 Å². The fraction of sp³-hybridized carbons (Fsp3) is 0.571. The first-order valence-electron chi connectivity index (χ1n) is 6.70. The number of benzene rings is 1. The van der Waals surface area contributed by atoms with Gasteiger partial charge in [0, 0.05) is 6.04 Å². The van der Waals surface area contributed by atoms with E-state index in [2.05, 4.69) is 10.1 Å². The van der Waals surface area contributed by atoms with Crippen molar-refractivity contribution < 1.29 is 22.6 Å². The van der Waals surface area contributed by atoms with E-state index >= 15 is 0 Å². The van der Waals surface area contributed by atoms with Gasteiger partial charge in [0.1, 0.15) is 17.6 Å². The Hall–Kier alpha value is -1.14. The molecular weight excluding hydrogens is 307 g/mol. The van der Waals surface area contributed by atoms with Crippen LogP contribution in [0.2, 0.25) is 0 Å². The second kappa shape index (κ2) is 7.75. The fourth-order valence-corrected chi connectivity index (χ4v) is 2.30. The normalized spacial score (nSPS) is 20.3. The third-order valence-electron chi connectivity index (χ3n) is 3.29. The molecule has 1 N–H and O–H groups in total. The molecule has 0 aromatic heterocycles. The minimum Gasteiger partial charge on any atom is -0.489 e. The van der Waals surface area contributed by atoms with Gasteiger partial charge in [-0.3, -0.25) is 0 Å². The van der Waals surface area contributed by atoms with Gasteiger partial charge in [0.25, 0.3) is 0 Å². The van der Waals surface area contributed by atoms with Crippen LogP contribution < -0.4 is 14.8 Å². The van der Waals surface area contributed by atoms with Crippen LogP contribution in [0.15, 0.2) is 24.3 Å². The van der Waals surface area contributed by atoms with Gasteiger partial charge in [-0.2, -0.15) is 0 Å². The van der Waals surface area contributed by atoms with Crippen LogP contribution in [0.1, 0.15) is 26.2 Å². The van der Waals surface area contributed by atoms with Gasteiger partial charge in [-0.25, -0.2) is 0 Å². The van der Waals surface area contributed by atoms with E-state index in [-0.39, 0.29) is 30.3 Å². The van der Waals surface area contributed by atoms with E-state index in [1.165, 1.54) is 37.1 Å². The molecule has 120 valence electrons. The Morgan fingerprint density at radius 3 is 2.29 bits per heavy atom. The summed E-state index contributed by atoms with van der Waals surface area (Å²) in [7, 11) is 0. The van der Waals surface area contributed by atoms with E-state index in [1.54, 1.807) is 0 Å². The number of nitrogens with one attached hydrogen (secondary N) is 1. The molecule has 2 atom stereocenters. The maximum absolute atomic E-state index is 12.0. The molecule has 1 fully saturated rings. The molecule has 0 bridgehead atoms. The highest BCUT2D eigenvalue weighted by atomic mass is 35.5. The molecule has 0 spiro atoms. The molecule has 0 aliphatic carbocycles. The summed E-state index contributed by atoms with van der Waals surface area (Å²) in [5, 5.41) is 3.38. The van der Waals surface area contributed by atoms with Crippen molar-refractivity contribution in [2.24, 2.45) is 0 Å². The van der Waals surface area contributed by atoms with Crippen LogP contribution in [-0.4, -0.2) is 25.1 Å². The predicted molar refractivity (Wildman–Crippen MR) is 76.1 cm³/mol. The Bertz CT molecular complexity index is 419. The molecule has 1 aromatic rings. The van der Waals surface area contributed by atoms with Gasteiger partial charge in [0.05, 0.1) is 0 Å². The minimum atomic E-state index is -4.66. The van der Waals surface area contributed by atoms with Crippen molar-refractivity contribution in [1.82, 2.24) is 5.32 Å². The number of hydrogen-bond acceptors (Lipinski definition) is 3. The first-order chi connectivity index (χ1) is 9.44. The van der Waals surface area contributed by atoms with E-state index < -0.39 is 6.36 Å². The summed E-state index contributed by atoms with van der Waals surface area (Å²) in [4.78, 5) is 0. The summed E-state index contributed by atoms with van der Waals surface area (Å²) >= 11 is 0. The molecule has 2 rings (SSSR count). The highest BCUT2D eigenvalue weighted by molar-refractivity contribution is 5.85. The maximum atomic E-state index is 12.0. The smallest absolute Gasteiger partial charge is 0.489 e. The molecule has 2 unspecified atom stereocenters. The Balaban J connectivity index is 0.00000220. The van der Waals surface area contributed by atoms with Gasteiger partial charge in [0.15, 0.2) is 0 Å². The molecular formula is C14H19ClF3NO2. The lowest BCUT2D eigenvalue weighted by Crippen LogP contribution is -2.44. The summed E-state index contributed by atoms with van der Waals surface area (Å²) < 4.78 is 45.6. The second-order valence-electron chi connectivity index (χ2n) is 4.90. The molecule has 1 saturated heterocycles. The summed E-state index contributed by atoms with van der Waals surface area (Å²) in [5.74, 6) is 0.299. The summed E-state index contributed by atoms with van der Waals surface area (Å²) in [6, 6.07) is 5.77. The Morgan fingerprint density at radius 2 is 1.76 bits per heavy atom. The topological polar surface area (TPSA) is 30.5 Å². The lowest BCUT2D eigenvalue weighted by molar-refractivity contribution is -0.274. The van der Waals surface area contributed by atoms with Gasteiger partial charge in [-0.15, -0.1) is 25.6 Å². The van der Waals surface area contributed by atoms with E-state index in [1.807, 2.05) is 6.92 Å². The van der Waals surface area contributed by atoms with Crippen LogP contribution in [0.25, 0.3) is 0 Å². The summed E-state index contributed by atoms with van der Waals surface area (Å²) in [6.07, 6.45) is -1.29. The molecule has 1 aliphatic rings. The van der Waals surface area contributed by atoms with E-state index in [0.717, 1.165) is 13.0 Å². The Morgan fingerprint density at radius 1 is 1.14 bits per heavy atom. The van der Waals surface area contributed by atoms with Crippen molar-refractivity contribution >= 4 is 12.4 Å². The number of alkyl halides is 3. The van der Waals surface area contributed by atoms with Gasteiger partial charge in [-0.1, -0.05) is 6.42 Å². The quantitative estimate of drug-likeness (QED) is 0.910. The number of ether oxygens (including phenoxy) is 2. The van der Waals surface area contributed by atoms with Crippen LogP contribution in [0.3, 0.4) is 0 Å². The van der Waals surface area contributed by atoms with Crippen LogP contribution >= 0.6 is 12.4 Å². The summed E-state index contributed by atoms with van der Waals surface area (Å²) in [6.45, 7) is 2.94. The van der Waals surface area contributed by atoms with Crippen molar-refractivity contribution in [3.63, 3.8) is 0 Å². The average molecular weight is 326 g/mol. The molecule has 1 heterocycles. The molecule has 0 amide bonds. The number of hydrogen-bond donors (Lipinski definition) is 1. The zero-order valence-corrected chi connectivity index (χ0v) is 12.5. The van der Waals surface area contributed by atoms with Gasteiger partial charge < -0.3 is 14.8 Å². The number of piperidine rings is 1. The monoisotopic (exact) mass is 325 g/mol. The average Bonchev–Trinajstić information content (AvgIpc) is 2.40. The third kappa shape index (κ3) is 6.01. The predicted octanol–water partition coefficient (Wildman–Crippen LogP) is 3.92. The van der Waals surface area contributed by atoms with Crippen molar-refractivity contribution in [1.29, 1.82) is 0 Å². The van der Waals surface area contributed by atoms with Gasteiger partial charge in [0.2, 0.25) is 0 Å². The maximum Gasteiger partial charge on any atom is 0.573 e. The zero-order chi connectivity index (χ0) is 14.6. The highest BCUT2D eigenvalue weighted by Crippen LogP contribution is 2.25. The standard InChI is InChI=1S/C14H18F3NO2.ClH/c1-10(13-4-2-3-9-18-13)19-11-5-7-12(8-6-11)20-14(15,16)17;/h5-8,10,13,18H,2-4,9H2,1H3;1H. The lowest BCUT2D eigenvalue weighted by Gasteiger charge is -2.29. The second-order valence-corrected chi connectivity index (χ2v) is 4.90. The summed E-state index contributed by atoms with van der Waals surface area (Å²) in [5.41, 5.74) is 0. The lowest BCUT2D eigenvalue weighted by atomic mass is 10.0. The number of halogens is 4. The largest absolute Gasteiger partial charge is 0.573 e. The van der Waals surface area contributed by atoms with Crippen LogP contribution in [0.4, 0.5) is 13.2 Å². The first-order valence-corrected chi connectivity index (χ1v) is 6.70. The number of rotatable bonds is 4.